The first kappa shape index (κ1) is 23.2. The summed E-state index contributed by atoms with van der Waals surface area (Å²) in [4.78, 5) is 0. The van der Waals surface area contributed by atoms with Crippen molar-refractivity contribution < 1.29 is 13.9 Å². The molecule has 0 spiro atoms. The molecule has 1 aromatic carbocycles. The number of nitrogens with one attached hydrogen (secondary N) is 2. The Balaban J connectivity index is 0.00000264. The van der Waals surface area contributed by atoms with E-state index in [1.807, 2.05) is 12.1 Å². The van der Waals surface area contributed by atoms with E-state index in [9.17, 15) is 4.39 Å². The summed E-state index contributed by atoms with van der Waals surface area (Å²) in [7, 11) is 0. The number of aliphatic hydroxyl groups excluding tert-OH is 1. The zero-order chi connectivity index (χ0) is 15.8. The Morgan fingerprint density at radius 2 is 1.79 bits per heavy atom. The van der Waals surface area contributed by atoms with Crippen molar-refractivity contribution >= 4 is 36.4 Å². The number of furan rings is 1. The van der Waals surface area contributed by atoms with Gasteiger partial charge in [0.1, 0.15) is 17.3 Å². The number of rotatable bonds is 9. The highest BCUT2D eigenvalue weighted by Gasteiger charge is 2.07. The summed E-state index contributed by atoms with van der Waals surface area (Å²) in [6.07, 6.45) is 0.973. The molecule has 0 atom stereocenters. The molecule has 24 heavy (non-hydrogen) atoms. The molecule has 1 aromatic heterocycles. The molecule has 1 heterocycles. The van der Waals surface area contributed by atoms with Crippen molar-refractivity contribution in [2.45, 2.75) is 13.0 Å². The normalized spacial score (nSPS) is 10.1. The quantitative estimate of drug-likeness (QED) is 0.563. The highest BCUT2D eigenvalue weighted by Crippen LogP contribution is 2.26. The largest absolute Gasteiger partial charge is 0.460 e. The van der Waals surface area contributed by atoms with Crippen LogP contribution < -0.4 is 10.6 Å². The first-order chi connectivity index (χ1) is 10.7. The topological polar surface area (TPSA) is 57.4 Å². The van der Waals surface area contributed by atoms with E-state index in [0.717, 1.165) is 30.8 Å². The van der Waals surface area contributed by atoms with Crippen LogP contribution in [0.1, 0.15) is 12.2 Å². The summed E-state index contributed by atoms with van der Waals surface area (Å²) in [6.45, 7) is 3.15. The second kappa shape index (κ2) is 12.5. The number of hydrogen-bond acceptors (Lipinski definition) is 4. The van der Waals surface area contributed by atoms with Gasteiger partial charge in [-0.15, -0.1) is 24.8 Å². The summed E-state index contributed by atoms with van der Waals surface area (Å²) >= 11 is 5.77. The van der Waals surface area contributed by atoms with Crippen LogP contribution in [0.5, 0.6) is 0 Å². The number of benzene rings is 1. The molecule has 2 aromatic rings. The molecule has 0 saturated heterocycles. The Morgan fingerprint density at radius 3 is 2.50 bits per heavy atom. The predicted octanol–water partition coefficient (Wildman–Crippen LogP) is 3.64. The highest BCUT2D eigenvalue weighted by molar-refractivity contribution is 6.31. The van der Waals surface area contributed by atoms with Crippen LogP contribution in [-0.2, 0) is 6.54 Å². The fraction of sp³-hybridized carbons (Fsp3) is 0.375. The first-order valence-corrected chi connectivity index (χ1v) is 7.65. The molecule has 0 amide bonds. The van der Waals surface area contributed by atoms with E-state index >= 15 is 0 Å². The Morgan fingerprint density at radius 1 is 1.04 bits per heavy atom. The van der Waals surface area contributed by atoms with Gasteiger partial charge < -0.3 is 20.2 Å². The molecule has 136 valence electrons. The van der Waals surface area contributed by atoms with Crippen LogP contribution >= 0.6 is 36.4 Å². The third kappa shape index (κ3) is 7.38. The average molecular weight is 400 g/mol. The van der Waals surface area contributed by atoms with Crippen molar-refractivity contribution in [3.63, 3.8) is 0 Å². The van der Waals surface area contributed by atoms with Crippen LogP contribution in [-0.4, -0.2) is 31.3 Å². The predicted molar refractivity (Wildman–Crippen MR) is 99.9 cm³/mol. The molecule has 3 N–H and O–H groups in total. The van der Waals surface area contributed by atoms with Crippen LogP contribution in [0.4, 0.5) is 4.39 Å². The molecule has 8 heteroatoms. The first-order valence-electron chi connectivity index (χ1n) is 7.27. The lowest BCUT2D eigenvalue weighted by atomic mass is 10.2. The van der Waals surface area contributed by atoms with Gasteiger partial charge in [0.05, 0.1) is 18.2 Å². The van der Waals surface area contributed by atoms with Gasteiger partial charge in [-0.25, -0.2) is 4.39 Å². The van der Waals surface area contributed by atoms with Gasteiger partial charge in [0.25, 0.3) is 0 Å². The Bertz CT molecular complexity index is 596. The van der Waals surface area contributed by atoms with Crippen molar-refractivity contribution in [2.24, 2.45) is 0 Å². The third-order valence-electron chi connectivity index (χ3n) is 3.16. The molecule has 0 bridgehead atoms. The molecule has 2 rings (SSSR count). The van der Waals surface area contributed by atoms with E-state index in [-0.39, 0.29) is 36.4 Å². The molecular weight excluding hydrogens is 378 g/mol. The molecule has 0 radical (unpaired) electrons. The van der Waals surface area contributed by atoms with Crippen molar-refractivity contribution in [3.8, 4) is 11.3 Å². The molecule has 0 fully saturated rings. The van der Waals surface area contributed by atoms with Crippen molar-refractivity contribution in [2.75, 3.05) is 26.2 Å². The Hall–Kier alpha value is -0.820. The number of halogens is 4. The lowest BCUT2D eigenvalue weighted by molar-refractivity contribution is 0.292. The van der Waals surface area contributed by atoms with Crippen LogP contribution in [0.15, 0.2) is 34.7 Å². The molecule has 0 aliphatic carbocycles. The Labute approximate surface area is 158 Å². The fourth-order valence-corrected chi connectivity index (χ4v) is 2.21. The molecule has 0 aliphatic heterocycles. The monoisotopic (exact) mass is 398 g/mol. The Kier molecular flexibility index (Phi) is 12.1. The van der Waals surface area contributed by atoms with Gasteiger partial charge in [-0.2, -0.15) is 0 Å². The van der Waals surface area contributed by atoms with Crippen molar-refractivity contribution in [1.82, 2.24) is 10.6 Å². The summed E-state index contributed by atoms with van der Waals surface area (Å²) in [5.74, 6) is 1.05. The summed E-state index contributed by atoms with van der Waals surface area (Å²) < 4.78 is 18.9. The van der Waals surface area contributed by atoms with Gasteiger partial charge in [0.2, 0.25) is 0 Å². The van der Waals surface area contributed by atoms with E-state index in [1.54, 1.807) is 12.1 Å². The number of hydrogen-bond donors (Lipinski definition) is 3. The van der Waals surface area contributed by atoms with Crippen LogP contribution in [0, 0.1) is 5.82 Å². The summed E-state index contributed by atoms with van der Waals surface area (Å²) in [5.41, 5.74) is 0.755. The second-order valence-electron chi connectivity index (χ2n) is 4.90. The van der Waals surface area contributed by atoms with Gasteiger partial charge >= 0.3 is 0 Å². The minimum atomic E-state index is -0.436. The molecule has 4 nitrogen and oxygen atoms in total. The van der Waals surface area contributed by atoms with E-state index in [1.165, 1.54) is 6.07 Å². The standard InChI is InChI=1S/C16H20ClFN2O2.2ClH/c17-14-10-12(2-4-15(14)18)16-5-3-13(22-16)11-20-7-1-6-19-8-9-21;;/h2-5,10,19-21H,1,6-9,11H2;2*1H. The average Bonchev–Trinajstić information content (AvgIpc) is 2.98. The van der Waals surface area contributed by atoms with Crippen LogP contribution in [0.25, 0.3) is 11.3 Å². The van der Waals surface area contributed by atoms with Gasteiger partial charge in [-0.1, -0.05) is 11.6 Å². The van der Waals surface area contributed by atoms with E-state index in [2.05, 4.69) is 10.6 Å². The maximum Gasteiger partial charge on any atom is 0.141 e. The second-order valence-corrected chi connectivity index (χ2v) is 5.31. The molecular formula is C16H22Cl3FN2O2. The summed E-state index contributed by atoms with van der Waals surface area (Å²) in [5, 5.41) is 15.1. The summed E-state index contributed by atoms with van der Waals surface area (Å²) in [6, 6.07) is 8.27. The van der Waals surface area contributed by atoms with Crippen molar-refractivity contribution in [3.05, 3.63) is 46.9 Å². The van der Waals surface area contributed by atoms with Crippen LogP contribution in [0.3, 0.4) is 0 Å². The van der Waals surface area contributed by atoms with E-state index < -0.39 is 5.82 Å². The third-order valence-corrected chi connectivity index (χ3v) is 3.45. The minimum absolute atomic E-state index is 0. The van der Waals surface area contributed by atoms with E-state index in [4.69, 9.17) is 21.1 Å². The maximum absolute atomic E-state index is 13.1. The highest BCUT2D eigenvalue weighted by atomic mass is 35.5. The zero-order valence-corrected chi connectivity index (χ0v) is 15.4. The van der Waals surface area contributed by atoms with Gasteiger partial charge in [0, 0.05) is 12.1 Å². The smallest absolute Gasteiger partial charge is 0.141 e. The molecule has 0 unspecified atom stereocenters. The van der Waals surface area contributed by atoms with Gasteiger partial charge in [-0.3, -0.25) is 0 Å². The van der Waals surface area contributed by atoms with Crippen molar-refractivity contribution in [1.29, 1.82) is 0 Å². The minimum Gasteiger partial charge on any atom is -0.460 e. The zero-order valence-electron chi connectivity index (χ0n) is 13.1. The van der Waals surface area contributed by atoms with E-state index in [0.29, 0.717) is 18.8 Å². The maximum atomic E-state index is 13.1. The van der Waals surface area contributed by atoms with Gasteiger partial charge in [-0.05, 0) is 49.8 Å². The fourth-order valence-electron chi connectivity index (χ4n) is 2.03. The van der Waals surface area contributed by atoms with Crippen LogP contribution in [0.2, 0.25) is 5.02 Å². The lowest BCUT2D eigenvalue weighted by Gasteiger charge is -2.04. The SMILES string of the molecule is Cl.Cl.OCCNCCCNCc1ccc(-c2ccc(F)c(Cl)c2)o1. The number of aliphatic hydroxyl groups is 1. The molecule has 0 aliphatic rings. The van der Waals surface area contributed by atoms with Gasteiger partial charge in [0.15, 0.2) is 0 Å². The lowest BCUT2D eigenvalue weighted by Crippen LogP contribution is -2.23. The molecule has 0 saturated carbocycles.